The molecule has 114 valence electrons. The molecule has 0 saturated carbocycles. The molecule has 2 unspecified atom stereocenters. The Labute approximate surface area is 123 Å². The SMILES string of the molecule is COCc1ccc(C(=O)N(C)C2COCC2C(=O)O)cc1. The summed E-state index contributed by atoms with van der Waals surface area (Å²) >= 11 is 0. The van der Waals surface area contributed by atoms with Crippen molar-refractivity contribution in [2.75, 3.05) is 27.4 Å². The third-order valence-electron chi connectivity index (χ3n) is 3.70. The summed E-state index contributed by atoms with van der Waals surface area (Å²) in [5, 5.41) is 9.15. The number of likely N-dealkylation sites (N-methyl/N-ethyl adjacent to an activating group) is 1. The summed E-state index contributed by atoms with van der Waals surface area (Å²) < 4.78 is 10.2. The maximum Gasteiger partial charge on any atom is 0.311 e. The van der Waals surface area contributed by atoms with E-state index in [2.05, 4.69) is 0 Å². The summed E-state index contributed by atoms with van der Waals surface area (Å²) in [6, 6.07) is 6.65. The number of carboxylic acid groups (broad SMARTS) is 1. The third kappa shape index (κ3) is 3.40. The van der Waals surface area contributed by atoms with Gasteiger partial charge in [-0.05, 0) is 17.7 Å². The molecule has 2 atom stereocenters. The minimum Gasteiger partial charge on any atom is -0.481 e. The number of hydrogen-bond acceptors (Lipinski definition) is 4. The zero-order valence-corrected chi connectivity index (χ0v) is 12.1. The van der Waals surface area contributed by atoms with Crippen molar-refractivity contribution in [2.45, 2.75) is 12.6 Å². The predicted molar refractivity (Wildman–Crippen MR) is 75.0 cm³/mol. The normalized spacial score (nSPS) is 21.2. The molecule has 0 spiro atoms. The lowest BCUT2D eigenvalue weighted by Gasteiger charge is -2.26. The summed E-state index contributed by atoms with van der Waals surface area (Å²) in [5.41, 5.74) is 1.50. The lowest BCUT2D eigenvalue weighted by atomic mass is 10.0. The standard InChI is InChI=1S/C15H19NO5/c1-16(13-9-21-8-12(13)15(18)19)14(17)11-5-3-10(4-6-11)7-20-2/h3-6,12-13H,7-9H2,1-2H3,(H,18,19). The number of ether oxygens (including phenoxy) is 2. The van der Waals surface area contributed by atoms with Gasteiger partial charge in [-0.2, -0.15) is 0 Å². The van der Waals surface area contributed by atoms with Crippen LogP contribution in [0.15, 0.2) is 24.3 Å². The van der Waals surface area contributed by atoms with E-state index in [0.717, 1.165) is 5.56 Å². The molecule has 0 aliphatic carbocycles. The van der Waals surface area contributed by atoms with Crippen LogP contribution in [0.4, 0.5) is 0 Å². The fraction of sp³-hybridized carbons (Fsp3) is 0.467. The Bertz CT molecular complexity index is 513. The maximum atomic E-state index is 12.4. The molecular formula is C15H19NO5. The van der Waals surface area contributed by atoms with Crippen molar-refractivity contribution in [3.63, 3.8) is 0 Å². The highest BCUT2D eigenvalue weighted by Gasteiger charge is 2.38. The molecule has 1 N–H and O–H groups in total. The van der Waals surface area contributed by atoms with Crippen molar-refractivity contribution in [2.24, 2.45) is 5.92 Å². The summed E-state index contributed by atoms with van der Waals surface area (Å²) in [5.74, 6) is -1.82. The molecule has 21 heavy (non-hydrogen) atoms. The topological polar surface area (TPSA) is 76.1 Å². The van der Waals surface area contributed by atoms with E-state index < -0.39 is 17.9 Å². The lowest BCUT2D eigenvalue weighted by Crippen LogP contribution is -2.44. The van der Waals surface area contributed by atoms with E-state index in [1.807, 2.05) is 12.1 Å². The largest absolute Gasteiger partial charge is 0.481 e. The van der Waals surface area contributed by atoms with Crippen LogP contribution in [0.3, 0.4) is 0 Å². The van der Waals surface area contributed by atoms with Crippen LogP contribution >= 0.6 is 0 Å². The highest BCUT2D eigenvalue weighted by atomic mass is 16.5. The van der Waals surface area contributed by atoms with E-state index in [9.17, 15) is 9.59 Å². The van der Waals surface area contributed by atoms with Gasteiger partial charge < -0.3 is 19.5 Å². The molecule has 1 saturated heterocycles. The Morgan fingerprint density at radius 1 is 1.33 bits per heavy atom. The number of rotatable bonds is 5. The fourth-order valence-corrected chi connectivity index (χ4v) is 2.43. The van der Waals surface area contributed by atoms with Gasteiger partial charge in [0, 0.05) is 19.7 Å². The number of hydrogen-bond donors (Lipinski definition) is 1. The van der Waals surface area contributed by atoms with Crippen LogP contribution in [0.2, 0.25) is 0 Å². The number of aliphatic carboxylic acids is 1. The average Bonchev–Trinajstić information content (AvgIpc) is 2.96. The maximum absolute atomic E-state index is 12.4. The van der Waals surface area contributed by atoms with Crippen molar-refractivity contribution in [1.82, 2.24) is 4.90 Å². The van der Waals surface area contributed by atoms with Gasteiger partial charge >= 0.3 is 5.97 Å². The quantitative estimate of drug-likeness (QED) is 0.876. The highest BCUT2D eigenvalue weighted by molar-refractivity contribution is 5.94. The Hall–Kier alpha value is -1.92. The summed E-state index contributed by atoms with van der Waals surface area (Å²) in [4.78, 5) is 25.0. The predicted octanol–water partition coefficient (Wildman–Crippen LogP) is 1.00. The van der Waals surface area contributed by atoms with Gasteiger partial charge in [0.2, 0.25) is 0 Å². The molecule has 6 heteroatoms. The van der Waals surface area contributed by atoms with Gasteiger partial charge in [-0.25, -0.2) is 0 Å². The molecule has 6 nitrogen and oxygen atoms in total. The smallest absolute Gasteiger partial charge is 0.311 e. The number of methoxy groups -OCH3 is 1. The summed E-state index contributed by atoms with van der Waals surface area (Å²) in [6.45, 7) is 0.882. The molecule has 1 aromatic rings. The van der Waals surface area contributed by atoms with Crippen molar-refractivity contribution >= 4 is 11.9 Å². The van der Waals surface area contributed by atoms with Gasteiger partial charge in [0.15, 0.2) is 0 Å². The summed E-state index contributed by atoms with van der Waals surface area (Å²) in [6.07, 6.45) is 0. The molecule has 2 rings (SSSR count). The van der Waals surface area contributed by atoms with E-state index in [1.165, 1.54) is 4.90 Å². The Morgan fingerprint density at radius 2 is 2.00 bits per heavy atom. The molecule has 1 aliphatic rings. The third-order valence-corrected chi connectivity index (χ3v) is 3.70. The second-order valence-electron chi connectivity index (χ2n) is 5.10. The zero-order valence-electron chi connectivity index (χ0n) is 12.1. The van der Waals surface area contributed by atoms with Crippen LogP contribution in [0.5, 0.6) is 0 Å². The number of nitrogens with zero attached hydrogens (tertiary/aromatic N) is 1. The van der Waals surface area contributed by atoms with Crippen LogP contribution in [0.25, 0.3) is 0 Å². The van der Waals surface area contributed by atoms with Gasteiger partial charge in [-0.3, -0.25) is 9.59 Å². The van der Waals surface area contributed by atoms with Crippen LogP contribution in [0.1, 0.15) is 15.9 Å². The van der Waals surface area contributed by atoms with Crippen LogP contribution in [0, 0.1) is 5.92 Å². The number of carbonyl (C=O) groups is 2. The Kier molecular flexibility index (Phi) is 4.93. The van der Waals surface area contributed by atoms with E-state index in [1.54, 1.807) is 26.3 Å². The second kappa shape index (κ2) is 6.69. The second-order valence-corrected chi connectivity index (χ2v) is 5.10. The molecular weight excluding hydrogens is 274 g/mol. The minimum absolute atomic E-state index is 0.143. The van der Waals surface area contributed by atoms with Gasteiger partial charge in [0.25, 0.3) is 5.91 Å². The van der Waals surface area contributed by atoms with Gasteiger partial charge in [-0.15, -0.1) is 0 Å². The molecule has 0 aromatic heterocycles. The minimum atomic E-state index is -0.937. The number of amides is 1. The number of carboxylic acids is 1. The van der Waals surface area contributed by atoms with E-state index in [-0.39, 0.29) is 19.1 Å². The van der Waals surface area contributed by atoms with Crippen molar-refractivity contribution in [3.8, 4) is 0 Å². The Morgan fingerprint density at radius 3 is 2.57 bits per heavy atom. The van der Waals surface area contributed by atoms with Crippen LogP contribution in [-0.4, -0.2) is 55.3 Å². The van der Waals surface area contributed by atoms with Crippen molar-refractivity contribution < 1.29 is 24.2 Å². The monoisotopic (exact) mass is 293 g/mol. The van der Waals surface area contributed by atoms with Crippen LogP contribution < -0.4 is 0 Å². The average molecular weight is 293 g/mol. The molecule has 0 bridgehead atoms. The van der Waals surface area contributed by atoms with Gasteiger partial charge in [-0.1, -0.05) is 12.1 Å². The number of benzene rings is 1. The van der Waals surface area contributed by atoms with Crippen molar-refractivity contribution in [1.29, 1.82) is 0 Å². The fourth-order valence-electron chi connectivity index (χ4n) is 2.43. The molecule has 1 aliphatic heterocycles. The first kappa shape index (κ1) is 15.5. The highest BCUT2D eigenvalue weighted by Crippen LogP contribution is 2.21. The van der Waals surface area contributed by atoms with E-state index in [0.29, 0.717) is 12.2 Å². The molecule has 1 aromatic carbocycles. The molecule has 1 heterocycles. The molecule has 0 radical (unpaired) electrons. The van der Waals surface area contributed by atoms with Gasteiger partial charge in [0.1, 0.15) is 5.92 Å². The molecule has 1 amide bonds. The van der Waals surface area contributed by atoms with Crippen LogP contribution in [-0.2, 0) is 20.9 Å². The van der Waals surface area contributed by atoms with Gasteiger partial charge in [0.05, 0.1) is 25.9 Å². The first-order valence-electron chi connectivity index (χ1n) is 6.70. The molecule has 1 fully saturated rings. The van der Waals surface area contributed by atoms with E-state index in [4.69, 9.17) is 14.6 Å². The number of carbonyl (C=O) groups excluding carboxylic acids is 1. The lowest BCUT2D eigenvalue weighted by molar-refractivity contribution is -0.142. The van der Waals surface area contributed by atoms with Crippen molar-refractivity contribution in [3.05, 3.63) is 35.4 Å². The summed E-state index contributed by atoms with van der Waals surface area (Å²) in [7, 11) is 3.22. The first-order chi connectivity index (χ1) is 10.0. The van der Waals surface area contributed by atoms with E-state index >= 15 is 0 Å². The Balaban J connectivity index is 2.09. The zero-order chi connectivity index (χ0) is 15.4. The first-order valence-corrected chi connectivity index (χ1v) is 6.70.